The average Bonchev–Trinajstić information content (AvgIpc) is 2.64. The molecule has 0 aliphatic rings. The highest BCUT2D eigenvalue weighted by Crippen LogP contribution is 2.51. The number of benzene rings is 3. The number of halogens is 4. The van der Waals surface area contributed by atoms with Crippen molar-refractivity contribution in [2.75, 3.05) is 0 Å². The van der Waals surface area contributed by atoms with E-state index in [9.17, 15) is 23.2 Å². The third-order valence-electron chi connectivity index (χ3n) is 4.39. The summed E-state index contributed by atoms with van der Waals surface area (Å²) >= 11 is 24.8. The Bertz CT molecular complexity index is 1210. The fraction of sp³-hybridized carbons (Fsp3) is 0.0526. The van der Waals surface area contributed by atoms with Crippen molar-refractivity contribution in [1.29, 1.82) is 0 Å². The molecule has 5 nitrogen and oxygen atoms in total. The highest BCUT2D eigenvalue weighted by Gasteiger charge is 2.51. The number of hydrogen-bond acceptors (Lipinski definition) is 4. The van der Waals surface area contributed by atoms with Crippen molar-refractivity contribution in [3.05, 3.63) is 91.4 Å². The van der Waals surface area contributed by atoms with Crippen molar-refractivity contribution >= 4 is 56.5 Å². The van der Waals surface area contributed by atoms with Crippen LogP contribution in [0, 0.1) is 0 Å². The summed E-state index contributed by atoms with van der Waals surface area (Å²) in [4.78, 5) is 0. The van der Waals surface area contributed by atoms with Crippen LogP contribution in [-0.2, 0) is 14.9 Å². The SMILES string of the molecule is O=S(=O)(O)C(c1cccc(Cl)c1)(c1cc(O)ccc1Cl)c1ccc(O)c(Cl)c1Cl. The minimum Gasteiger partial charge on any atom is -0.508 e. The highest BCUT2D eigenvalue weighted by atomic mass is 35.5. The van der Waals surface area contributed by atoms with Crippen LogP contribution < -0.4 is 0 Å². The number of rotatable bonds is 4. The van der Waals surface area contributed by atoms with Crippen LogP contribution >= 0.6 is 46.4 Å². The van der Waals surface area contributed by atoms with Crippen LogP contribution in [0.1, 0.15) is 16.7 Å². The van der Waals surface area contributed by atoms with E-state index in [-0.39, 0.29) is 42.5 Å². The van der Waals surface area contributed by atoms with E-state index in [0.717, 1.165) is 12.1 Å². The van der Waals surface area contributed by atoms with Gasteiger partial charge in [0.15, 0.2) is 4.75 Å². The summed E-state index contributed by atoms with van der Waals surface area (Å²) in [6.07, 6.45) is 0. The molecule has 3 rings (SSSR count). The Morgan fingerprint density at radius 2 is 1.48 bits per heavy atom. The molecule has 1 unspecified atom stereocenters. The Balaban J connectivity index is 2.63. The van der Waals surface area contributed by atoms with Gasteiger partial charge in [-0.25, -0.2) is 0 Å². The van der Waals surface area contributed by atoms with Gasteiger partial charge in [0.25, 0.3) is 10.1 Å². The number of hydrogen-bond donors (Lipinski definition) is 3. The van der Waals surface area contributed by atoms with Crippen LogP contribution in [0.4, 0.5) is 0 Å². The molecule has 0 heterocycles. The third-order valence-corrected chi connectivity index (χ3v) is 7.27. The number of aromatic hydroxyl groups is 2. The first-order chi connectivity index (χ1) is 13.5. The quantitative estimate of drug-likeness (QED) is 0.311. The molecular formula is C19H12Cl4O5S. The van der Waals surface area contributed by atoms with Crippen molar-refractivity contribution in [3.63, 3.8) is 0 Å². The van der Waals surface area contributed by atoms with Crippen LogP contribution in [0.15, 0.2) is 54.6 Å². The van der Waals surface area contributed by atoms with Crippen LogP contribution in [-0.4, -0.2) is 23.2 Å². The Morgan fingerprint density at radius 1 is 0.793 bits per heavy atom. The van der Waals surface area contributed by atoms with Gasteiger partial charge in [-0.3, -0.25) is 4.55 Å². The monoisotopic (exact) mass is 492 g/mol. The fourth-order valence-corrected chi connectivity index (χ4v) is 5.53. The van der Waals surface area contributed by atoms with Crippen molar-refractivity contribution in [1.82, 2.24) is 0 Å². The molecule has 0 spiro atoms. The fourth-order valence-electron chi connectivity index (χ4n) is 3.18. The maximum atomic E-state index is 13.0. The van der Waals surface area contributed by atoms with Crippen molar-refractivity contribution in [2.24, 2.45) is 0 Å². The molecule has 10 heteroatoms. The molecule has 0 aliphatic carbocycles. The van der Waals surface area contributed by atoms with Crippen molar-refractivity contribution < 1.29 is 23.2 Å². The highest BCUT2D eigenvalue weighted by molar-refractivity contribution is 7.87. The van der Waals surface area contributed by atoms with Gasteiger partial charge in [0.1, 0.15) is 16.5 Å². The second-order valence-electron chi connectivity index (χ2n) is 6.09. The van der Waals surface area contributed by atoms with E-state index in [1.165, 1.54) is 42.5 Å². The van der Waals surface area contributed by atoms with Gasteiger partial charge in [0.2, 0.25) is 0 Å². The van der Waals surface area contributed by atoms with Gasteiger partial charge in [-0.1, -0.05) is 64.6 Å². The smallest absolute Gasteiger partial charge is 0.283 e. The van der Waals surface area contributed by atoms with Gasteiger partial charge < -0.3 is 10.2 Å². The first-order valence-corrected chi connectivity index (χ1v) is 10.8. The van der Waals surface area contributed by atoms with E-state index in [4.69, 9.17) is 46.4 Å². The lowest BCUT2D eigenvalue weighted by Crippen LogP contribution is -2.39. The molecule has 0 amide bonds. The average molecular weight is 494 g/mol. The Kier molecular flexibility index (Phi) is 5.98. The van der Waals surface area contributed by atoms with Crippen LogP contribution in [0.5, 0.6) is 11.5 Å². The predicted molar refractivity (Wildman–Crippen MR) is 114 cm³/mol. The largest absolute Gasteiger partial charge is 0.508 e. The lowest BCUT2D eigenvalue weighted by atomic mass is 9.83. The topological polar surface area (TPSA) is 94.8 Å². The van der Waals surface area contributed by atoms with E-state index in [2.05, 4.69) is 0 Å². The molecule has 0 aliphatic heterocycles. The zero-order valence-corrected chi connectivity index (χ0v) is 18.1. The van der Waals surface area contributed by atoms with Gasteiger partial charge in [-0.05, 0) is 42.0 Å². The van der Waals surface area contributed by atoms with Gasteiger partial charge in [-0.15, -0.1) is 0 Å². The molecule has 1 atom stereocenters. The maximum absolute atomic E-state index is 13.0. The van der Waals surface area contributed by atoms with E-state index in [1.54, 1.807) is 0 Å². The number of phenols is 2. The summed E-state index contributed by atoms with van der Waals surface area (Å²) in [6.45, 7) is 0. The standard InChI is InChI=1S/C19H12Cl4O5S/c20-11-3-1-2-10(8-11)19(29(26,27)28,14-9-12(24)4-6-15(14)21)13-5-7-16(25)18(23)17(13)22/h1-9,24-25H,(H,26,27,28). The van der Waals surface area contributed by atoms with E-state index in [1.807, 2.05) is 0 Å². The minimum atomic E-state index is -5.07. The minimum absolute atomic E-state index is 0.0105. The normalized spacial score (nSPS) is 13.8. The molecule has 3 N–H and O–H groups in total. The van der Waals surface area contributed by atoms with Crippen molar-refractivity contribution in [3.8, 4) is 11.5 Å². The first-order valence-electron chi connectivity index (χ1n) is 7.89. The van der Waals surface area contributed by atoms with Crippen LogP contribution in [0.3, 0.4) is 0 Å². The zero-order valence-electron chi connectivity index (χ0n) is 14.3. The van der Waals surface area contributed by atoms with Gasteiger partial charge in [-0.2, -0.15) is 8.42 Å². The lowest BCUT2D eigenvalue weighted by molar-refractivity contribution is 0.455. The van der Waals surface area contributed by atoms with Gasteiger partial charge in [0.05, 0.1) is 5.02 Å². The Hall–Kier alpha value is -1.67. The summed E-state index contributed by atoms with van der Waals surface area (Å²) < 4.78 is 34.1. The molecule has 0 aromatic heterocycles. The number of phenolic OH excluding ortho intramolecular Hbond substituents is 2. The second kappa shape index (κ2) is 7.87. The first kappa shape index (κ1) is 22.0. The molecule has 0 bridgehead atoms. The summed E-state index contributed by atoms with van der Waals surface area (Å²) in [5.41, 5.74) is -0.393. The van der Waals surface area contributed by atoms with E-state index >= 15 is 0 Å². The molecule has 152 valence electrons. The molecule has 0 saturated carbocycles. The Labute approximate surface area is 186 Å². The maximum Gasteiger partial charge on any atom is 0.283 e. The molecule has 3 aromatic rings. The molecule has 0 radical (unpaired) electrons. The van der Waals surface area contributed by atoms with E-state index in [0.29, 0.717) is 0 Å². The van der Waals surface area contributed by atoms with Crippen molar-refractivity contribution in [2.45, 2.75) is 4.75 Å². The molecule has 0 fully saturated rings. The molecule has 0 saturated heterocycles. The molecule has 29 heavy (non-hydrogen) atoms. The van der Waals surface area contributed by atoms with Crippen LogP contribution in [0.2, 0.25) is 20.1 Å². The second-order valence-corrected chi connectivity index (χ2v) is 9.25. The zero-order chi connectivity index (χ0) is 21.6. The third kappa shape index (κ3) is 3.65. The summed E-state index contributed by atoms with van der Waals surface area (Å²) in [7, 11) is -5.07. The van der Waals surface area contributed by atoms with Crippen LogP contribution in [0.25, 0.3) is 0 Å². The summed E-state index contributed by atoms with van der Waals surface area (Å²) in [6, 6.07) is 11.6. The van der Waals surface area contributed by atoms with Gasteiger partial charge in [0, 0.05) is 21.2 Å². The predicted octanol–water partition coefficient (Wildman–Crippen LogP) is 5.89. The lowest BCUT2D eigenvalue weighted by Gasteiger charge is -2.34. The Morgan fingerprint density at radius 3 is 2.10 bits per heavy atom. The summed E-state index contributed by atoms with van der Waals surface area (Å²) in [5.74, 6) is -0.696. The summed E-state index contributed by atoms with van der Waals surface area (Å²) in [5, 5.41) is 19.3. The van der Waals surface area contributed by atoms with E-state index < -0.39 is 20.6 Å². The molecular weight excluding hydrogens is 482 g/mol. The van der Waals surface area contributed by atoms with Gasteiger partial charge >= 0.3 is 0 Å². The molecule has 3 aromatic carbocycles.